The molecule has 0 amide bonds. The SMILES string of the molecule is C/C(N)=N/N(C)C(C)C. The van der Waals surface area contributed by atoms with Crippen LogP contribution in [-0.2, 0) is 0 Å². The van der Waals surface area contributed by atoms with E-state index in [0.717, 1.165) is 0 Å². The molecule has 0 atom stereocenters. The van der Waals surface area contributed by atoms with E-state index < -0.39 is 0 Å². The molecule has 54 valence electrons. The third kappa shape index (κ3) is 3.82. The molecule has 0 spiro atoms. The molecule has 0 aromatic carbocycles. The fraction of sp³-hybridized carbons (Fsp3) is 0.833. The number of nitrogens with two attached hydrogens (primary N) is 1. The molecule has 0 unspecified atom stereocenters. The van der Waals surface area contributed by atoms with Gasteiger partial charge in [0.2, 0.25) is 0 Å². The first kappa shape index (κ1) is 8.27. The standard InChI is InChI=1S/C6H15N3/c1-5(2)9(4)8-6(3)7/h5H,1-4H3,(H2,7,8). The first-order chi connectivity index (χ1) is 4.04. The van der Waals surface area contributed by atoms with Crippen molar-refractivity contribution in [2.45, 2.75) is 26.8 Å². The Labute approximate surface area is 56.5 Å². The smallest absolute Gasteiger partial charge is 0.116 e. The fourth-order valence-corrected chi connectivity index (χ4v) is 0.364. The van der Waals surface area contributed by atoms with Crippen molar-refractivity contribution in [1.82, 2.24) is 5.01 Å². The summed E-state index contributed by atoms with van der Waals surface area (Å²) >= 11 is 0. The van der Waals surface area contributed by atoms with E-state index in [1.54, 1.807) is 6.92 Å². The summed E-state index contributed by atoms with van der Waals surface area (Å²) in [6, 6.07) is 0.420. The lowest BCUT2D eigenvalue weighted by atomic mass is 10.4. The van der Waals surface area contributed by atoms with Gasteiger partial charge in [0.25, 0.3) is 0 Å². The monoisotopic (exact) mass is 129 g/mol. The van der Waals surface area contributed by atoms with Gasteiger partial charge in [0.05, 0.1) is 0 Å². The second-order valence-corrected chi connectivity index (χ2v) is 2.41. The highest BCUT2D eigenvalue weighted by molar-refractivity contribution is 5.77. The van der Waals surface area contributed by atoms with Crippen LogP contribution in [0.3, 0.4) is 0 Å². The van der Waals surface area contributed by atoms with Crippen LogP contribution in [0, 0.1) is 0 Å². The maximum absolute atomic E-state index is 5.34. The van der Waals surface area contributed by atoms with Crippen LogP contribution in [0.4, 0.5) is 0 Å². The molecule has 0 aliphatic rings. The van der Waals surface area contributed by atoms with E-state index in [9.17, 15) is 0 Å². The van der Waals surface area contributed by atoms with E-state index in [0.29, 0.717) is 11.9 Å². The van der Waals surface area contributed by atoms with Crippen LogP contribution in [0.5, 0.6) is 0 Å². The van der Waals surface area contributed by atoms with Gasteiger partial charge in [0.15, 0.2) is 0 Å². The molecule has 0 radical (unpaired) electrons. The highest BCUT2D eigenvalue weighted by Crippen LogP contribution is 1.92. The third-order valence-electron chi connectivity index (χ3n) is 1.06. The Morgan fingerprint density at radius 2 is 2.00 bits per heavy atom. The van der Waals surface area contributed by atoms with Gasteiger partial charge in [-0.1, -0.05) is 0 Å². The summed E-state index contributed by atoms with van der Waals surface area (Å²) in [7, 11) is 1.90. The molecule has 0 saturated heterocycles. The molecule has 0 heterocycles. The van der Waals surface area contributed by atoms with Crippen LogP contribution in [0.1, 0.15) is 20.8 Å². The highest BCUT2D eigenvalue weighted by Gasteiger charge is 1.96. The van der Waals surface area contributed by atoms with Crippen molar-refractivity contribution in [2.24, 2.45) is 10.8 Å². The molecular formula is C6H15N3. The van der Waals surface area contributed by atoms with Crippen molar-refractivity contribution in [1.29, 1.82) is 0 Å². The van der Waals surface area contributed by atoms with Gasteiger partial charge in [-0.05, 0) is 20.8 Å². The number of rotatable bonds is 2. The van der Waals surface area contributed by atoms with Gasteiger partial charge in [-0.25, -0.2) is 0 Å². The molecule has 0 saturated carbocycles. The van der Waals surface area contributed by atoms with Crippen molar-refractivity contribution in [3.63, 3.8) is 0 Å². The average molecular weight is 129 g/mol. The summed E-state index contributed by atoms with van der Waals surface area (Å²) < 4.78 is 0. The molecular weight excluding hydrogens is 114 g/mol. The molecule has 3 heteroatoms. The summed E-state index contributed by atoms with van der Waals surface area (Å²) in [5.41, 5.74) is 5.34. The van der Waals surface area contributed by atoms with Crippen molar-refractivity contribution in [2.75, 3.05) is 7.05 Å². The van der Waals surface area contributed by atoms with Gasteiger partial charge in [-0.3, -0.25) is 5.01 Å². The van der Waals surface area contributed by atoms with Crippen LogP contribution in [0.2, 0.25) is 0 Å². The van der Waals surface area contributed by atoms with E-state index in [1.807, 2.05) is 12.1 Å². The Bertz CT molecular complexity index is 103. The van der Waals surface area contributed by atoms with Crippen molar-refractivity contribution in [3.8, 4) is 0 Å². The zero-order valence-electron chi connectivity index (χ0n) is 6.55. The second-order valence-electron chi connectivity index (χ2n) is 2.41. The second kappa shape index (κ2) is 3.33. The lowest BCUT2D eigenvalue weighted by Crippen LogP contribution is -2.23. The van der Waals surface area contributed by atoms with Crippen LogP contribution in [0.15, 0.2) is 5.10 Å². The third-order valence-corrected chi connectivity index (χ3v) is 1.06. The Kier molecular flexibility index (Phi) is 3.06. The summed E-state index contributed by atoms with van der Waals surface area (Å²) in [6.45, 7) is 5.90. The Hall–Kier alpha value is -0.730. The summed E-state index contributed by atoms with van der Waals surface area (Å²) in [6.07, 6.45) is 0. The van der Waals surface area contributed by atoms with Crippen molar-refractivity contribution < 1.29 is 0 Å². The number of amidine groups is 1. The minimum Gasteiger partial charge on any atom is -0.386 e. The van der Waals surface area contributed by atoms with Gasteiger partial charge in [-0.15, -0.1) is 0 Å². The molecule has 0 fully saturated rings. The first-order valence-corrected chi connectivity index (χ1v) is 3.07. The van der Waals surface area contributed by atoms with E-state index in [2.05, 4.69) is 18.9 Å². The van der Waals surface area contributed by atoms with E-state index in [-0.39, 0.29) is 0 Å². The first-order valence-electron chi connectivity index (χ1n) is 3.07. The van der Waals surface area contributed by atoms with Gasteiger partial charge < -0.3 is 5.73 Å². The number of hydrogen-bond donors (Lipinski definition) is 1. The van der Waals surface area contributed by atoms with Crippen molar-refractivity contribution >= 4 is 5.84 Å². The maximum atomic E-state index is 5.34. The molecule has 3 nitrogen and oxygen atoms in total. The number of nitrogens with zero attached hydrogens (tertiary/aromatic N) is 2. The topological polar surface area (TPSA) is 41.6 Å². The predicted octanol–water partition coefficient (Wildman–Crippen LogP) is 0.619. The van der Waals surface area contributed by atoms with Gasteiger partial charge >= 0.3 is 0 Å². The largest absolute Gasteiger partial charge is 0.386 e. The number of hydrogen-bond acceptors (Lipinski definition) is 2. The minimum absolute atomic E-state index is 0.420. The molecule has 2 N–H and O–H groups in total. The lowest BCUT2D eigenvalue weighted by molar-refractivity contribution is 0.288. The average Bonchev–Trinajstić information content (AvgIpc) is 1.63. The van der Waals surface area contributed by atoms with E-state index in [1.165, 1.54) is 0 Å². The van der Waals surface area contributed by atoms with Crippen LogP contribution in [0.25, 0.3) is 0 Å². The number of hydrazone groups is 1. The molecule has 0 bridgehead atoms. The summed E-state index contributed by atoms with van der Waals surface area (Å²) in [5, 5.41) is 5.83. The fourth-order valence-electron chi connectivity index (χ4n) is 0.364. The van der Waals surface area contributed by atoms with Crippen LogP contribution in [-0.4, -0.2) is 23.9 Å². The van der Waals surface area contributed by atoms with Crippen LogP contribution < -0.4 is 5.73 Å². The van der Waals surface area contributed by atoms with E-state index in [4.69, 9.17) is 5.73 Å². The van der Waals surface area contributed by atoms with Gasteiger partial charge in [0.1, 0.15) is 5.84 Å². The molecule has 0 aliphatic carbocycles. The summed E-state index contributed by atoms with van der Waals surface area (Å²) in [5.74, 6) is 0.603. The van der Waals surface area contributed by atoms with E-state index >= 15 is 0 Å². The predicted molar refractivity (Wildman–Crippen MR) is 40.2 cm³/mol. The highest BCUT2D eigenvalue weighted by atomic mass is 15.5. The minimum atomic E-state index is 0.420. The molecule has 0 aromatic heterocycles. The molecule has 0 aliphatic heterocycles. The molecule has 0 aromatic rings. The Morgan fingerprint density at radius 3 is 2.11 bits per heavy atom. The van der Waals surface area contributed by atoms with Crippen molar-refractivity contribution in [3.05, 3.63) is 0 Å². The van der Waals surface area contributed by atoms with Gasteiger partial charge in [0, 0.05) is 13.1 Å². The summed E-state index contributed by atoms with van der Waals surface area (Å²) in [4.78, 5) is 0. The zero-order valence-corrected chi connectivity index (χ0v) is 6.55. The lowest BCUT2D eigenvalue weighted by Gasteiger charge is -2.17. The molecule has 9 heavy (non-hydrogen) atoms. The van der Waals surface area contributed by atoms with Crippen LogP contribution >= 0.6 is 0 Å². The zero-order chi connectivity index (χ0) is 7.44. The maximum Gasteiger partial charge on any atom is 0.116 e. The van der Waals surface area contributed by atoms with Gasteiger partial charge in [-0.2, -0.15) is 5.10 Å². The quantitative estimate of drug-likeness (QED) is 0.337. The Balaban J connectivity index is 3.76. The Morgan fingerprint density at radius 1 is 1.56 bits per heavy atom. The normalized spacial score (nSPS) is 12.3. The molecule has 0 rings (SSSR count).